The number of hydrogen-bond acceptors (Lipinski definition) is 4. The van der Waals surface area contributed by atoms with Gasteiger partial charge in [-0.3, -0.25) is 9.59 Å². The van der Waals surface area contributed by atoms with Gasteiger partial charge in [-0.25, -0.2) is 0 Å². The van der Waals surface area contributed by atoms with E-state index in [0.29, 0.717) is 11.5 Å². The summed E-state index contributed by atoms with van der Waals surface area (Å²) in [5.74, 6) is 0.647. The Hall–Kier alpha value is -2.36. The number of benzene rings is 1. The average molecular weight is 260 g/mol. The lowest BCUT2D eigenvalue weighted by Gasteiger charge is -2.07. The monoisotopic (exact) mass is 260 g/mol. The van der Waals surface area contributed by atoms with Crippen molar-refractivity contribution in [1.29, 1.82) is 0 Å². The van der Waals surface area contributed by atoms with Crippen molar-refractivity contribution in [3.8, 4) is 11.5 Å². The Morgan fingerprint density at radius 3 is 2.42 bits per heavy atom. The fourth-order valence-corrected chi connectivity index (χ4v) is 1.45. The highest BCUT2D eigenvalue weighted by Crippen LogP contribution is 2.27. The molecule has 0 amide bonds. The average Bonchev–Trinajstić information content (AvgIpc) is 2.44. The van der Waals surface area contributed by atoms with Gasteiger partial charge < -0.3 is 9.47 Å². The highest BCUT2D eigenvalue weighted by atomic mass is 16.5. The summed E-state index contributed by atoms with van der Waals surface area (Å²) in [4.78, 5) is 22.5. The van der Waals surface area contributed by atoms with Crippen molar-refractivity contribution >= 4 is 17.6 Å². The molecule has 1 aromatic rings. The second-order valence-electron chi connectivity index (χ2n) is 3.76. The van der Waals surface area contributed by atoms with E-state index in [0.717, 1.165) is 11.6 Å². The van der Waals surface area contributed by atoms with Crippen LogP contribution in [0.1, 0.15) is 12.0 Å². The van der Waals surface area contributed by atoms with E-state index in [-0.39, 0.29) is 18.0 Å². The van der Waals surface area contributed by atoms with E-state index in [4.69, 9.17) is 9.47 Å². The Bertz CT molecular complexity index is 515. The van der Waals surface area contributed by atoms with E-state index in [2.05, 4.69) is 6.58 Å². The molecule has 0 aliphatic rings. The third-order valence-corrected chi connectivity index (χ3v) is 2.45. The van der Waals surface area contributed by atoms with Crippen molar-refractivity contribution < 1.29 is 19.1 Å². The van der Waals surface area contributed by atoms with Crippen LogP contribution >= 0.6 is 0 Å². The number of carbonyl (C=O) groups is 2. The minimum absolute atomic E-state index is 0.159. The van der Waals surface area contributed by atoms with Crippen LogP contribution in [0.5, 0.6) is 11.5 Å². The van der Waals surface area contributed by atoms with Gasteiger partial charge in [-0.15, -0.1) is 0 Å². The summed E-state index contributed by atoms with van der Waals surface area (Å²) in [6, 6.07) is 5.29. The molecule has 0 fully saturated rings. The molecule has 0 aliphatic carbocycles. The van der Waals surface area contributed by atoms with Gasteiger partial charge in [0.2, 0.25) is 0 Å². The second kappa shape index (κ2) is 7.16. The molecular formula is C15H16O4. The lowest BCUT2D eigenvalue weighted by molar-refractivity contribution is -0.121. The van der Waals surface area contributed by atoms with Gasteiger partial charge in [-0.05, 0) is 29.8 Å². The smallest absolute Gasteiger partial charge is 0.163 e. The second-order valence-corrected chi connectivity index (χ2v) is 3.76. The van der Waals surface area contributed by atoms with Crippen LogP contribution in [0.25, 0.3) is 6.08 Å². The molecule has 4 heteroatoms. The van der Waals surface area contributed by atoms with Crippen molar-refractivity contribution in [3.63, 3.8) is 0 Å². The molecule has 0 spiro atoms. The van der Waals surface area contributed by atoms with Crippen LogP contribution in [0.3, 0.4) is 0 Å². The maximum atomic E-state index is 11.5. The fourth-order valence-electron chi connectivity index (χ4n) is 1.45. The topological polar surface area (TPSA) is 52.6 Å². The van der Waals surface area contributed by atoms with E-state index in [1.165, 1.54) is 6.08 Å². The summed E-state index contributed by atoms with van der Waals surface area (Å²) in [5.41, 5.74) is 0.789. The Morgan fingerprint density at radius 2 is 1.84 bits per heavy atom. The molecule has 0 N–H and O–H groups in total. The Morgan fingerprint density at radius 1 is 1.16 bits per heavy atom. The number of rotatable bonds is 7. The molecule has 0 atom stereocenters. The summed E-state index contributed by atoms with van der Waals surface area (Å²) < 4.78 is 10.3. The molecule has 1 aromatic carbocycles. The summed E-state index contributed by atoms with van der Waals surface area (Å²) in [5, 5.41) is 0. The summed E-state index contributed by atoms with van der Waals surface area (Å²) in [6.45, 7) is 3.32. The van der Waals surface area contributed by atoms with Gasteiger partial charge in [0.25, 0.3) is 0 Å². The molecule has 100 valence electrons. The fraction of sp³-hybridized carbons (Fsp3) is 0.200. The first-order chi connectivity index (χ1) is 9.10. The number of allylic oxidation sites excluding steroid dienone is 2. The zero-order chi connectivity index (χ0) is 14.3. The zero-order valence-electron chi connectivity index (χ0n) is 11.0. The van der Waals surface area contributed by atoms with Crippen molar-refractivity contribution in [3.05, 3.63) is 42.5 Å². The van der Waals surface area contributed by atoms with Crippen molar-refractivity contribution in [2.75, 3.05) is 14.2 Å². The molecule has 0 heterocycles. The highest BCUT2D eigenvalue weighted by molar-refractivity contribution is 6.09. The van der Waals surface area contributed by atoms with Crippen LogP contribution in [-0.2, 0) is 9.59 Å². The first kappa shape index (κ1) is 14.7. The van der Waals surface area contributed by atoms with Crippen LogP contribution in [0.15, 0.2) is 36.9 Å². The quantitative estimate of drug-likeness (QED) is 0.558. The lowest BCUT2D eigenvalue weighted by atomic mass is 10.1. The van der Waals surface area contributed by atoms with Crippen LogP contribution in [0.4, 0.5) is 0 Å². The summed E-state index contributed by atoms with van der Waals surface area (Å²) in [6.07, 6.45) is 3.97. The van der Waals surface area contributed by atoms with Gasteiger partial charge >= 0.3 is 0 Å². The third kappa shape index (κ3) is 4.43. The largest absolute Gasteiger partial charge is 0.493 e. The molecule has 0 aromatic heterocycles. The predicted octanol–water partition coefficient (Wildman–Crippen LogP) is 2.43. The van der Waals surface area contributed by atoms with Gasteiger partial charge in [-0.1, -0.05) is 18.7 Å². The molecular weight excluding hydrogens is 244 g/mol. The number of hydrogen-bond donors (Lipinski definition) is 0. The highest BCUT2D eigenvalue weighted by Gasteiger charge is 2.04. The zero-order valence-corrected chi connectivity index (χ0v) is 11.0. The van der Waals surface area contributed by atoms with Gasteiger partial charge in [0.1, 0.15) is 0 Å². The first-order valence-corrected chi connectivity index (χ1v) is 5.69. The molecule has 0 saturated heterocycles. The van der Waals surface area contributed by atoms with E-state index in [9.17, 15) is 9.59 Å². The standard InChI is InChI=1S/C15H16O4/c1-4-12(16)10-13(17)7-5-11-6-8-14(18-2)15(9-11)19-3/h4-9H,1,10H2,2-3H3. The maximum Gasteiger partial charge on any atom is 0.163 e. The molecule has 0 radical (unpaired) electrons. The normalized spacial score (nSPS) is 10.2. The summed E-state index contributed by atoms with van der Waals surface area (Å²) in [7, 11) is 3.09. The minimum atomic E-state index is -0.290. The molecule has 0 unspecified atom stereocenters. The Balaban J connectivity index is 2.79. The van der Waals surface area contributed by atoms with E-state index >= 15 is 0 Å². The molecule has 0 saturated carbocycles. The predicted molar refractivity (Wildman–Crippen MR) is 73.4 cm³/mol. The Kier molecular flexibility index (Phi) is 5.54. The minimum Gasteiger partial charge on any atom is -0.493 e. The van der Waals surface area contributed by atoms with Gasteiger partial charge in [-0.2, -0.15) is 0 Å². The number of methoxy groups -OCH3 is 2. The molecule has 19 heavy (non-hydrogen) atoms. The molecule has 0 bridgehead atoms. The van der Waals surface area contributed by atoms with Gasteiger partial charge in [0.05, 0.1) is 20.6 Å². The SMILES string of the molecule is C=CC(=O)CC(=O)C=Cc1ccc(OC)c(OC)c1. The van der Waals surface area contributed by atoms with E-state index in [1.807, 2.05) is 0 Å². The molecule has 4 nitrogen and oxygen atoms in total. The van der Waals surface area contributed by atoms with Crippen molar-refractivity contribution in [2.45, 2.75) is 6.42 Å². The van der Waals surface area contributed by atoms with E-state index in [1.54, 1.807) is 38.5 Å². The van der Waals surface area contributed by atoms with Crippen LogP contribution in [0.2, 0.25) is 0 Å². The van der Waals surface area contributed by atoms with Crippen LogP contribution in [-0.4, -0.2) is 25.8 Å². The van der Waals surface area contributed by atoms with Crippen molar-refractivity contribution in [2.24, 2.45) is 0 Å². The first-order valence-electron chi connectivity index (χ1n) is 5.69. The lowest BCUT2D eigenvalue weighted by Crippen LogP contribution is -2.01. The third-order valence-electron chi connectivity index (χ3n) is 2.45. The number of ether oxygens (including phenoxy) is 2. The van der Waals surface area contributed by atoms with Gasteiger partial charge in [0.15, 0.2) is 23.1 Å². The number of carbonyl (C=O) groups excluding carboxylic acids is 2. The number of ketones is 2. The summed E-state index contributed by atoms with van der Waals surface area (Å²) >= 11 is 0. The molecule has 0 aliphatic heterocycles. The van der Waals surface area contributed by atoms with Crippen LogP contribution in [0, 0.1) is 0 Å². The maximum absolute atomic E-state index is 11.5. The Labute approximate surface area is 112 Å². The van der Waals surface area contributed by atoms with Crippen LogP contribution < -0.4 is 9.47 Å². The molecule has 1 rings (SSSR count). The van der Waals surface area contributed by atoms with Gasteiger partial charge in [0, 0.05) is 0 Å². The van der Waals surface area contributed by atoms with E-state index < -0.39 is 0 Å². The van der Waals surface area contributed by atoms with Crippen molar-refractivity contribution in [1.82, 2.24) is 0 Å².